The number of nitrogens with zero attached hydrogens (tertiary/aromatic N) is 1. The lowest BCUT2D eigenvalue weighted by atomic mass is 9.85. The van der Waals surface area contributed by atoms with Crippen molar-refractivity contribution in [2.75, 3.05) is 0 Å². The number of furan rings is 2. The molecule has 9 aromatic carbocycles. The maximum absolute atomic E-state index is 6.24. The predicted molar refractivity (Wildman–Crippen MR) is 248 cm³/mol. The molecule has 12 aromatic rings. The van der Waals surface area contributed by atoms with Gasteiger partial charge in [-0.15, -0.1) is 0 Å². The highest BCUT2D eigenvalue weighted by molar-refractivity contribution is 6.13. The lowest BCUT2D eigenvalue weighted by Crippen LogP contribution is -2.02. The number of aromatic nitrogens is 1. The molecule has 3 heterocycles. The minimum Gasteiger partial charge on any atom is -0.456 e. The monoisotopic (exact) mass is 767 g/mol. The zero-order chi connectivity index (χ0) is 39.3. The van der Waals surface area contributed by atoms with E-state index < -0.39 is 0 Å². The molecule has 0 aliphatic heterocycles. The van der Waals surface area contributed by atoms with Gasteiger partial charge in [0.05, 0.1) is 11.0 Å². The SMILES string of the molecule is c1ccc(-c2ccc3c(c2)c2cc(-c4ccc5c(c4)-c4ccccc4C(c4ccc6oc7ccccc7c6c4)CC5)ccc2n3-c2ccc3oc4ccccc4c3c2)cc1. The van der Waals surface area contributed by atoms with Crippen LogP contribution in [0.4, 0.5) is 0 Å². The summed E-state index contributed by atoms with van der Waals surface area (Å²) in [7, 11) is 0. The molecule has 0 bridgehead atoms. The zero-order valence-corrected chi connectivity index (χ0v) is 32.7. The van der Waals surface area contributed by atoms with Crippen LogP contribution in [-0.4, -0.2) is 4.57 Å². The van der Waals surface area contributed by atoms with Crippen molar-refractivity contribution in [3.63, 3.8) is 0 Å². The van der Waals surface area contributed by atoms with Gasteiger partial charge in [0.15, 0.2) is 0 Å². The molecule has 282 valence electrons. The van der Waals surface area contributed by atoms with Crippen molar-refractivity contribution in [1.29, 1.82) is 0 Å². The van der Waals surface area contributed by atoms with Crippen molar-refractivity contribution in [1.82, 2.24) is 4.57 Å². The van der Waals surface area contributed by atoms with E-state index >= 15 is 0 Å². The van der Waals surface area contributed by atoms with Crippen LogP contribution in [0.15, 0.2) is 203 Å². The highest BCUT2D eigenvalue weighted by Gasteiger charge is 2.25. The van der Waals surface area contributed by atoms with Crippen LogP contribution >= 0.6 is 0 Å². The van der Waals surface area contributed by atoms with Gasteiger partial charge < -0.3 is 13.4 Å². The van der Waals surface area contributed by atoms with Gasteiger partial charge in [-0.2, -0.15) is 0 Å². The molecule has 0 radical (unpaired) electrons. The lowest BCUT2D eigenvalue weighted by molar-refractivity contribution is 0.668. The molecule has 60 heavy (non-hydrogen) atoms. The van der Waals surface area contributed by atoms with Gasteiger partial charge in [0.2, 0.25) is 0 Å². The molecule has 13 rings (SSSR count). The molecule has 1 aliphatic rings. The van der Waals surface area contributed by atoms with Crippen LogP contribution in [0, 0.1) is 0 Å². The van der Waals surface area contributed by atoms with Crippen LogP contribution in [0.25, 0.3) is 105 Å². The quantitative estimate of drug-likeness (QED) is 0.179. The highest BCUT2D eigenvalue weighted by atomic mass is 16.3. The van der Waals surface area contributed by atoms with E-state index in [-0.39, 0.29) is 5.92 Å². The van der Waals surface area contributed by atoms with Gasteiger partial charge in [0, 0.05) is 43.9 Å². The van der Waals surface area contributed by atoms with Gasteiger partial charge in [0.1, 0.15) is 22.3 Å². The largest absolute Gasteiger partial charge is 0.456 e. The van der Waals surface area contributed by atoms with Crippen molar-refractivity contribution in [3.05, 3.63) is 211 Å². The number of rotatable bonds is 4. The predicted octanol–water partition coefficient (Wildman–Crippen LogP) is 15.7. The fourth-order valence-corrected chi connectivity index (χ4v) is 10.2. The Morgan fingerprint density at radius 1 is 0.383 bits per heavy atom. The third kappa shape index (κ3) is 5.09. The van der Waals surface area contributed by atoms with Crippen molar-refractivity contribution in [2.24, 2.45) is 0 Å². The molecule has 1 aliphatic carbocycles. The molecule has 0 saturated heterocycles. The molecule has 0 N–H and O–H groups in total. The molecule has 1 atom stereocenters. The Kier molecular flexibility index (Phi) is 7.20. The Balaban J connectivity index is 0.959. The first kappa shape index (κ1) is 33.4. The molecule has 0 fully saturated rings. The molecule has 0 amide bonds. The topological polar surface area (TPSA) is 31.2 Å². The van der Waals surface area contributed by atoms with Crippen molar-refractivity contribution in [3.8, 4) is 39.1 Å². The van der Waals surface area contributed by atoms with Crippen molar-refractivity contribution in [2.45, 2.75) is 18.8 Å². The first-order valence-corrected chi connectivity index (χ1v) is 20.9. The zero-order valence-electron chi connectivity index (χ0n) is 32.7. The molecule has 3 heteroatoms. The Morgan fingerprint density at radius 3 is 1.72 bits per heavy atom. The number of hydrogen-bond acceptors (Lipinski definition) is 2. The maximum Gasteiger partial charge on any atom is 0.135 e. The summed E-state index contributed by atoms with van der Waals surface area (Å²) >= 11 is 0. The summed E-state index contributed by atoms with van der Waals surface area (Å²) in [6.07, 6.45) is 2.05. The van der Waals surface area contributed by atoms with Gasteiger partial charge in [-0.1, -0.05) is 121 Å². The molecule has 0 saturated carbocycles. The van der Waals surface area contributed by atoms with Gasteiger partial charge in [-0.05, 0) is 136 Å². The third-order valence-corrected chi connectivity index (χ3v) is 13.1. The summed E-state index contributed by atoms with van der Waals surface area (Å²) in [6, 6.07) is 70.9. The van der Waals surface area contributed by atoms with E-state index in [1.54, 1.807) is 0 Å². The fourth-order valence-electron chi connectivity index (χ4n) is 10.2. The average molecular weight is 768 g/mol. The maximum atomic E-state index is 6.24. The van der Waals surface area contributed by atoms with Crippen LogP contribution in [0.5, 0.6) is 0 Å². The van der Waals surface area contributed by atoms with E-state index in [1.807, 2.05) is 18.2 Å². The van der Waals surface area contributed by atoms with Gasteiger partial charge in [0.25, 0.3) is 0 Å². The lowest BCUT2D eigenvalue weighted by Gasteiger charge is -2.18. The van der Waals surface area contributed by atoms with E-state index in [9.17, 15) is 0 Å². The van der Waals surface area contributed by atoms with Crippen LogP contribution in [0.2, 0.25) is 0 Å². The summed E-state index contributed by atoms with van der Waals surface area (Å²) in [5.41, 5.74) is 18.8. The van der Waals surface area contributed by atoms with Crippen molar-refractivity contribution < 1.29 is 8.83 Å². The number of benzene rings is 9. The summed E-state index contributed by atoms with van der Waals surface area (Å²) in [6.45, 7) is 0. The van der Waals surface area contributed by atoms with E-state index in [2.05, 4.69) is 180 Å². The number of fused-ring (bicyclic) bond motifs is 12. The van der Waals surface area contributed by atoms with Crippen LogP contribution in [-0.2, 0) is 6.42 Å². The Hall–Kier alpha value is -7.62. The molecule has 3 nitrogen and oxygen atoms in total. The summed E-state index contributed by atoms with van der Waals surface area (Å²) in [5.74, 6) is 0.274. The first-order chi connectivity index (χ1) is 29.7. The van der Waals surface area contributed by atoms with Gasteiger partial charge in [-0.3, -0.25) is 0 Å². The Bertz CT molecular complexity index is 3670. The molecule has 1 unspecified atom stereocenters. The van der Waals surface area contributed by atoms with E-state index in [0.717, 1.165) is 51.6 Å². The molecular formula is C57H37NO2. The minimum absolute atomic E-state index is 0.274. The number of aryl methyl sites for hydroxylation is 1. The number of para-hydroxylation sites is 2. The van der Waals surface area contributed by atoms with E-state index in [1.165, 1.54) is 82.6 Å². The minimum atomic E-state index is 0.274. The summed E-state index contributed by atoms with van der Waals surface area (Å²) < 4.78 is 14.9. The normalized spacial score (nSPS) is 14.0. The van der Waals surface area contributed by atoms with Crippen LogP contribution in [0.3, 0.4) is 0 Å². The highest BCUT2D eigenvalue weighted by Crippen LogP contribution is 2.45. The van der Waals surface area contributed by atoms with Gasteiger partial charge >= 0.3 is 0 Å². The second-order valence-corrected chi connectivity index (χ2v) is 16.3. The second kappa shape index (κ2) is 12.9. The molecule has 0 spiro atoms. The molecule has 3 aromatic heterocycles. The fraction of sp³-hybridized carbons (Fsp3) is 0.0526. The Labute approximate surface area is 346 Å². The smallest absolute Gasteiger partial charge is 0.135 e. The standard InChI is InChI=1S/C57H37NO2/c1-2-10-35(11-3-1)37-21-26-52-48(31-37)49-32-39(22-27-53(49)58(52)41-24-29-57-51(34-41)46-15-7-9-17-55(46)60-57)38-19-18-36-20-25-42(43-12-4-5-13-44(43)47(36)30-38)40-23-28-56-50(33-40)45-14-6-8-16-54(45)59-56/h1-19,21-24,26-34,42H,20,25H2. The Morgan fingerprint density at radius 2 is 0.967 bits per heavy atom. The summed E-state index contributed by atoms with van der Waals surface area (Å²) in [5, 5.41) is 7.08. The summed E-state index contributed by atoms with van der Waals surface area (Å²) in [4.78, 5) is 0. The van der Waals surface area contributed by atoms with E-state index in [4.69, 9.17) is 8.83 Å². The van der Waals surface area contributed by atoms with Crippen LogP contribution in [0.1, 0.15) is 29.0 Å². The molecular weight excluding hydrogens is 731 g/mol. The first-order valence-electron chi connectivity index (χ1n) is 20.9. The number of hydrogen-bond donors (Lipinski definition) is 0. The average Bonchev–Trinajstić information content (AvgIpc) is 3.94. The third-order valence-electron chi connectivity index (χ3n) is 13.1. The van der Waals surface area contributed by atoms with Crippen molar-refractivity contribution >= 4 is 65.7 Å². The second-order valence-electron chi connectivity index (χ2n) is 16.3. The van der Waals surface area contributed by atoms with E-state index in [0.29, 0.717) is 0 Å². The van der Waals surface area contributed by atoms with Gasteiger partial charge in [-0.25, -0.2) is 0 Å². The van der Waals surface area contributed by atoms with Crippen LogP contribution < -0.4 is 0 Å².